The van der Waals surface area contributed by atoms with E-state index in [1.54, 1.807) is 15.7 Å². The second-order valence-corrected chi connectivity index (χ2v) is 8.13. The van der Waals surface area contributed by atoms with Crippen LogP contribution in [-0.2, 0) is 14.9 Å². The number of ether oxygens (including phenoxy) is 1. The number of methoxy groups -OCH3 is 1. The molecule has 0 radical (unpaired) electrons. The van der Waals surface area contributed by atoms with Gasteiger partial charge in [-0.25, -0.2) is 0 Å². The van der Waals surface area contributed by atoms with Crippen LogP contribution < -0.4 is 5.32 Å². The number of piperidine rings is 2. The van der Waals surface area contributed by atoms with E-state index in [4.69, 9.17) is 4.74 Å². The van der Waals surface area contributed by atoms with Crippen LogP contribution in [-0.4, -0.2) is 70.5 Å². The van der Waals surface area contributed by atoms with Crippen LogP contribution in [0.1, 0.15) is 25.7 Å². The van der Waals surface area contributed by atoms with Crippen LogP contribution in [0.25, 0.3) is 0 Å². The van der Waals surface area contributed by atoms with E-state index in [0.717, 1.165) is 38.8 Å². The molecule has 0 aromatic carbocycles. The van der Waals surface area contributed by atoms with Crippen molar-refractivity contribution < 1.29 is 13.2 Å². The maximum atomic E-state index is 12.7. The van der Waals surface area contributed by atoms with E-state index in [1.165, 1.54) is 0 Å². The molecular formula is C14H29N3O3S. The lowest BCUT2D eigenvalue weighted by Crippen LogP contribution is -2.50. The predicted molar refractivity (Wildman–Crippen MR) is 83.3 cm³/mol. The topological polar surface area (TPSA) is 61.9 Å². The first kappa shape index (κ1) is 17.1. The van der Waals surface area contributed by atoms with Gasteiger partial charge in [-0.2, -0.15) is 17.0 Å². The normalized spacial score (nSPS) is 24.5. The van der Waals surface area contributed by atoms with E-state index < -0.39 is 10.2 Å². The maximum absolute atomic E-state index is 12.7. The van der Waals surface area contributed by atoms with Crippen LogP contribution in [0.2, 0.25) is 0 Å². The molecule has 2 fully saturated rings. The summed E-state index contributed by atoms with van der Waals surface area (Å²) in [6, 6.07) is 0. The van der Waals surface area contributed by atoms with Crippen LogP contribution in [0.15, 0.2) is 0 Å². The molecule has 1 N–H and O–H groups in total. The van der Waals surface area contributed by atoms with Gasteiger partial charge in [-0.3, -0.25) is 0 Å². The van der Waals surface area contributed by atoms with Gasteiger partial charge in [0.1, 0.15) is 0 Å². The lowest BCUT2D eigenvalue weighted by Gasteiger charge is -2.37. The molecule has 7 heteroatoms. The third-order valence-corrected chi connectivity index (χ3v) is 6.73. The molecule has 6 nitrogen and oxygen atoms in total. The lowest BCUT2D eigenvalue weighted by atomic mass is 9.98. The summed E-state index contributed by atoms with van der Waals surface area (Å²) in [5, 5.41) is 3.18. The Labute approximate surface area is 129 Å². The van der Waals surface area contributed by atoms with Gasteiger partial charge in [0.15, 0.2) is 0 Å². The van der Waals surface area contributed by atoms with Gasteiger partial charge in [-0.15, -0.1) is 0 Å². The van der Waals surface area contributed by atoms with Crippen molar-refractivity contribution in [3.05, 3.63) is 0 Å². The van der Waals surface area contributed by atoms with Crippen LogP contribution >= 0.6 is 0 Å². The minimum absolute atomic E-state index is 0.503. The first-order valence-electron chi connectivity index (χ1n) is 7.96. The molecule has 2 saturated heterocycles. The van der Waals surface area contributed by atoms with Crippen molar-refractivity contribution in [3.63, 3.8) is 0 Å². The Kier molecular flexibility index (Phi) is 6.43. The minimum atomic E-state index is -3.26. The van der Waals surface area contributed by atoms with Crippen molar-refractivity contribution in [1.29, 1.82) is 0 Å². The fraction of sp³-hybridized carbons (Fsp3) is 1.00. The molecule has 2 aliphatic heterocycles. The predicted octanol–water partition coefficient (Wildman–Crippen LogP) is 0.521. The molecule has 0 amide bonds. The summed E-state index contributed by atoms with van der Waals surface area (Å²) < 4.78 is 33.9. The summed E-state index contributed by atoms with van der Waals surface area (Å²) >= 11 is 0. The van der Waals surface area contributed by atoms with Gasteiger partial charge < -0.3 is 10.1 Å². The van der Waals surface area contributed by atoms with Gasteiger partial charge in [-0.1, -0.05) is 0 Å². The number of hydrogen-bond acceptors (Lipinski definition) is 4. The second-order valence-electron chi connectivity index (χ2n) is 6.21. The Morgan fingerprint density at radius 1 is 1.00 bits per heavy atom. The molecule has 0 aromatic heterocycles. The molecule has 0 atom stereocenters. The van der Waals surface area contributed by atoms with Crippen molar-refractivity contribution in [2.24, 2.45) is 11.8 Å². The van der Waals surface area contributed by atoms with Crippen LogP contribution in [0.5, 0.6) is 0 Å². The highest BCUT2D eigenvalue weighted by Gasteiger charge is 2.34. The largest absolute Gasteiger partial charge is 0.384 e. The fourth-order valence-electron chi connectivity index (χ4n) is 3.34. The van der Waals surface area contributed by atoms with E-state index in [2.05, 4.69) is 5.32 Å². The van der Waals surface area contributed by atoms with Crippen molar-refractivity contribution in [2.45, 2.75) is 25.7 Å². The van der Waals surface area contributed by atoms with Gasteiger partial charge in [0.05, 0.1) is 0 Å². The summed E-state index contributed by atoms with van der Waals surface area (Å²) in [5.74, 6) is 1.11. The quantitative estimate of drug-likeness (QED) is 0.775. The fourth-order valence-corrected chi connectivity index (χ4v) is 5.01. The molecule has 0 aromatic rings. The molecule has 124 valence electrons. The molecule has 2 heterocycles. The van der Waals surface area contributed by atoms with Gasteiger partial charge >= 0.3 is 0 Å². The highest BCUT2D eigenvalue weighted by atomic mass is 32.2. The van der Waals surface area contributed by atoms with Gasteiger partial charge in [0, 0.05) is 39.9 Å². The Morgan fingerprint density at radius 2 is 1.48 bits per heavy atom. The zero-order valence-corrected chi connectivity index (χ0v) is 14.1. The first-order valence-corrected chi connectivity index (χ1v) is 9.36. The summed E-state index contributed by atoms with van der Waals surface area (Å²) in [5.41, 5.74) is 0. The minimum Gasteiger partial charge on any atom is -0.384 e. The van der Waals surface area contributed by atoms with Crippen molar-refractivity contribution >= 4 is 10.2 Å². The molecule has 0 aliphatic carbocycles. The van der Waals surface area contributed by atoms with E-state index in [-0.39, 0.29) is 0 Å². The SMILES string of the molecule is CNCC1CCN(S(=O)(=O)N2CCC(COC)CC2)CC1. The Balaban J connectivity index is 1.85. The Hall–Kier alpha value is -0.210. The number of hydrogen-bond donors (Lipinski definition) is 1. The third-order valence-electron chi connectivity index (χ3n) is 4.69. The summed E-state index contributed by atoms with van der Waals surface area (Å²) in [6.45, 7) is 4.30. The number of nitrogens with one attached hydrogen (secondary N) is 1. The van der Waals surface area contributed by atoms with Gasteiger partial charge in [0.25, 0.3) is 10.2 Å². The van der Waals surface area contributed by atoms with Crippen molar-refractivity contribution in [3.8, 4) is 0 Å². The van der Waals surface area contributed by atoms with Crippen molar-refractivity contribution in [2.75, 3.05) is 53.5 Å². The smallest absolute Gasteiger partial charge is 0.281 e. The van der Waals surface area contributed by atoms with E-state index in [1.807, 2.05) is 7.05 Å². The maximum Gasteiger partial charge on any atom is 0.281 e. The van der Waals surface area contributed by atoms with Gasteiger partial charge in [-0.05, 0) is 51.1 Å². The third kappa shape index (κ3) is 4.39. The van der Waals surface area contributed by atoms with Crippen LogP contribution in [0.3, 0.4) is 0 Å². The second kappa shape index (κ2) is 7.87. The Bertz CT molecular complexity index is 368. The first-order chi connectivity index (χ1) is 10.1. The average Bonchev–Trinajstić information content (AvgIpc) is 2.49. The number of rotatable bonds is 6. The van der Waals surface area contributed by atoms with Crippen LogP contribution in [0.4, 0.5) is 0 Å². The van der Waals surface area contributed by atoms with Gasteiger partial charge in [0.2, 0.25) is 0 Å². The zero-order valence-electron chi connectivity index (χ0n) is 13.3. The summed E-state index contributed by atoms with van der Waals surface area (Å²) in [4.78, 5) is 0. The Morgan fingerprint density at radius 3 is 1.90 bits per heavy atom. The highest BCUT2D eigenvalue weighted by molar-refractivity contribution is 7.86. The van der Waals surface area contributed by atoms with Crippen molar-refractivity contribution in [1.82, 2.24) is 13.9 Å². The monoisotopic (exact) mass is 319 g/mol. The van der Waals surface area contributed by atoms with E-state index in [9.17, 15) is 8.42 Å². The molecule has 0 unspecified atom stereocenters. The van der Waals surface area contributed by atoms with E-state index in [0.29, 0.717) is 38.0 Å². The lowest BCUT2D eigenvalue weighted by molar-refractivity contribution is 0.119. The summed E-state index contributed by atoms with van der Waals surface area (Å²) in [7, 11) is 0.402. The standard InChI is InChI=1S/C14H29N3O3S/c1-15-11-13-3-7-16(8-4-13)21(18,19)17-9-5-14(6-10-17)12-20-2/h13-15H,3-12H2,1-2H3. The zero-order chi connectivity index (χ0) is 15.3. The van der Waals surface area contributed by atoms with E-state index >= 15 is 0 Å². The summed E-state index contributed by atoms with van der Waals surface area (Å²) in [6.07, 6.45) is 3.73. The number of nitrogens with zero attached hydrogens (tertiary/aromatic N) is 2. The average molecular weight is 319 g/mol. The molecule has 2 rings (SSSR count). The molecule has 21 heavy (non-hydrogen) atoms. The molecule has 0 spiro atoms. The highest BCUT2D eigenvalue weighted by Crippen LogP contribution is 2.25. The molecular weight excluding hydrogens is 290 g/mol. The molecule has 2 aliphatic rings. The molecule has 0 saturated carbocycles. The van der Waals surface area contributed by atoms with Crippen LogP contribution in [0, 0.1) is 11.8 Å². The molecule has 0 bridgehead atoms.